The van der Waals surface area contributed by atoms with Gasteiger partial charge < -0.3 is 18.4 Å². The van der Waals surface area contributed by atoms with E-state index in [9.17, 15) is 0 Å². The second-order valence-corrected chi connectivity index (χ2v) is 14.4. The van der Waals surface area contributed by atoms with E-state index < -0.39 is 0 Å². The summed E-state index contributed by atoms with van der Waals surface area (Å²) in [6.07, 6.45) is 0. The van der Waals surface area contributed by atoms with E-state index in [1.807, 2.05) is 12.1 Å². The molecule has 0 fully saturated rings. The highest BCUT2D eigenvalue weighted by Crippen LogP contribution is 2.46. The second kappa shape index (κ2) is 9.87. The average Bonchev–Trinajstić information content (AvgIpc) is 3.85. The van der Waals surface area contributed by atoms with Gasteiger partial charge in [-0.2, -0.15) is 0 Å². The van der Waals surface area contributed by atoms with Crippen LogP contribution in [0.5, 0.6) is 23.0 Å². The van der Waals surface area contributed by atoms with Gasteiger partial charge >= 0.3 is 0 Å². The monoisotopic (exact) mass is 674 g/mol. The summed E-state index contributed by atoms with van der Waals surface area (Å²) in [5.74, 6) is 3.50. The lowest BCUT2D eigenvalue weighted by Crippen LogP contribution is -2.57. The molecule has 0 radical (unpaired) electrons. The lowest BCUT2D eigenvalue weighted by Gasteiger charge is -2.33. The number of hydrogen-bond donors (Lipinski definition) is 0. The summed E-state index contributed by atoms with van der Waals surface area (Å²) in [7, 11) is 0. The van der Waals surface area contributed by atoms with E-state index in [4.69, 9.17) is 9.47 Å². The highest BCUT2D eigenvalue weighted by atomic mass is 16.5. The molecule has 0 atom stereocenters. The SMILES string of the molecule is c1ccc2c(c1)Oc1cc(-c3ccc(-n4c5ccccc5c5cc6c7ccccc7n7c8ccccc8c(c54)c67)cc3)cc3c1B2c1ccccc1O3. The number of nitrogens with zero attached hydrogens (tertiary/aromatic N) is 2. The standard InChI is InChI=1S/C48H27BN2O2/c1-6-16-38-31(11-1)34-27-35-32-12-2-7-17-39(32)51-40-18-8-3-13-33(40)45(48(35)51)47(34)50(38)30-23-21-28(22-24-30)29-25-43-46-44(26-29)53-42-20-10-5-15-37(42)49(46)36-14-4-9-19-41(36)52-43/h1-27H. The van der Waals surface area contributed by atoms with E-state index in [0.29, 0.717) is 0 Å². The zero-order valence-electron chi connectivity index (χ0n) is 28.4. The summed E-state index contributed by atoms with van der Waals surface area (Å²) < 4.78 is 18.2. The molecule has 3 aromatic heterocycles. The Hall–Kier alpha value is -6.98. The van der Waals surface area contributed by atoms with Crippen molar-refractivity contribution in [1.82, 2.24) is 8.97 Å². The smallest absolute Gasteiger partial charge is 0.260 e. The third kappa shape index (κ3) is 3.51. The molecule has 0 bridgehead atoms. The minimum Gasteiger partial charge on any atom is -0.458 e. The fourth-order valence-corrected chi connectivity index (χ4v) is 9.59. The number of para-hydroxylation sites is 5. The van der Waals surface area contributed by atoms with Crippen LogP contribution in [0.4, 0.5) is 0 Å². The van der Waals surface area contributed by atoms with Crippen LogP contribution in [0.2, 0.25) is 0 Å². The molecule has 0 saturated carbocycles. The Morgan fingerprint density at radius 3 is 1.60 bits per heavy atom. The highest BCUT2D eigenvalue weighted by Gasteiger charge is 2.40. The molecule has 0 aliphatic carbocycles. The Morgan fingerprint density at radius 2 is 0.925 bits per heavy atom. The number of fused-ring (bicyclic) bond motifs is 14. The Kier molecular flexibility index (Phi) is 5.16. The number of aromatic nitrogens is 2. The van der Waals surface area contributed by atoms with Gasteiger partial charge in [-0.3, -0.25) is 0 Å². The molecule has 0 N–H and O–H groups in total. The van der Waals surface area contributed by atoms with Gasteiger partial charge in [0.1, 0.15) is 23.0 Å². The summed E-state index contributed by atoms with van der Waals surface area (Å²) in [5.41, 5.74) is 12.9. The van der Waals surface area contributed by atoms with Crippen molar-refractivity contribution in [1.29, 1.82) is 0 Å². The second-order valence-electron chi connectivity index (χ2n) is 14.4. The molecule has 13 rings (SSSR count). The molecule has 0 unspecified atom stereocenters. The van der Waals surface area contributed by atoms with Crippen LogP contribution in [0.3, 0.4) is 0 Å². The zero-order valence-corrected chi connectivity index (χ0v) is 28.4. The summed E-state index contributed by atoms with van der Waals surface area (Å²) >= 11 is 0. The van der Waals surface area contributed by atoms with E-state index in [1.165, 1.54) is 70.8 Å². The first-order valence-corrected chi connectivity index (χ1v) is 18.2. The zero-order chi connectivity index (χ0) is 34.4. The number of hydrogen-bond acceptors (Lipinski definition) is 2. The maximum absolute atomic E-state index is 6.61. The molecule has 4 nitrogen and oxygen atoms in total. The molecule has 0 amide bonds. The predicted molar refractivity (Wildman–Crippen MR) is 219 cm³/mol. The lowest BCUT2D eigenvalue weighted by molar-refractivity contribution is 0.465. The van der Waals surface area contributed by atoms with Crippen molar-refractivity contribution in [3.8, 4) is 39.8 Å². The van der Waals surface area contributed by atoms with E-state index in [0.717, 1.165) is 45.3 Å². The summed E-state index contributed by atoms with van der Waals surface area (Å²) in [6, 6.07) is 59.0. The van der Waals surface area contributed by atoms with Crippen molar-refractivity contribution < 1.29 is 9.47 Å². The van der Waals surface area contributed by atoms with Crippen LogP contribution in [0.15, 0.2) is 164 Å². The van der Waals surface area contributed by atoms with Gasteiger partial charge in [-0.25, -0.2) is 0 Å². The Labute approximate surface area is 304 Å². The molecule has 2 aliphatic rings. The average molecular weight is 675 g/mol. The van der Waals surface area contributed by atoms with Crippen LogP contribution in [-0.2, 0) is 0 Å². The molecule has 5 heteroatoms. The van der Waals surface area contributed by atoms with Crippen molar-refractivity contribution in [2.24, 2.45) is 0 Å². The predicted octanol–water partition coefficient (Wildman–Crippen LogP) is 10.3. The van der Waals surface area contributed by atoms with Crippen molar-refractivity contribution >= 4 is 83.0 Å². The van der Waals surface area contributed by atoms with Crippen molar-refractivity contribution in [3.63, 3.8) is 0 Å². The molecular weight excluding hydrogens is 647 g/mol. The molecule has 2 aliphatic heterocycles. The van der Waals surface area contributed by atoms with Gasteiger partial charge in [-0.05, 0) is 82.7 Å². The van der Waals surface area contributed by atoms with E-state index in [-0.39, 0.29) is 6.71 Å². The highest BCUT2D eigenvalue weighted by molar-refractivity contribution is 6.98. The minimum atomic E-state index is 0.0637. The van der Waals surface area contributed by atoms with E-state index >= 15 is 0 Å². The summed E-state index contributed by atoms with van der Waals surface area (Å²) in [6.45, 7) is 0.0637. The van der Waals surface area contributed by atoms with E-state index in [1.54, 1.807) is 0 Å². The maximum atomic E-state index is 6.61. The normalized spacial score (nSPS) is 13.2. The quantitative estimate of drug-likeness (QED) is 0.171. The Morgan fingerprint density at radius 1 is 0.396 bits per heavy atom. The molecule has 5 heterocycles. The van der Waals surface area contributed by atoms with Crippen molar-refractivity contribution in [2.45, 2.75) is 0 Å². The van der Waals surface area contributed by atoms with Gasteiger partial charge in [-0.15, -0.1) is 0 Å². The number of rotatable bonds is 2. The third-order valence-corrected chi connectivity index (χ3v) is 11.8. The van der Waals surface area contributed by atoms with Crippen LogP contribution in [-0.4, -0.2) is 15.7 Å². The van der Waals surface area contributed by atoms with Crippen LogP contribution >= 0.6 is 0 Å². The Bertz CT molecular complexity index is 3280. The number of benzene rings is 8. The van der Waals surface area contributed by atoms with Crippen LogP contribution in [0, 0.1) is 0 Å². The first-order valence-electron chi connectivity index (χ1n) is 18.2. The van der Waals surface area contributed by atoms with Crippen LogP contribution in [0.25, 0.3) is 76.7 Å². The Balaban J connectivity index is 1.03. The van der Waals surface area contributed by atoms with Gasteiger partial charge in [0.15, 0.2) is 0 Å². The van der Waals surface area contributed by atoms with Crippen LogP contribution < -0.4 is 25.9 Å². The number of ether oxygens (including phenoxy) is 2. The van der Waals surface area contributed by atoms with Gasteiger partial charge in [0.25, 0.3) is 6.71 Å². The molecule has 0 saturated heterocycles. The fraction of sp³-hybridized carbons (Fsp3) is 0. The van der Waals surface area contributed by atoms with Crippen molar-refractivity contribution in [3.05, 3.63) is 164 Å². The first-order chi connectivity index (χ1) is 26.3. The minimum absolute atomic E-state index is 0.0637. The summed E-state index contributed by atoms with van der Waals surface area (Å²) in [5, 5.41) is 7.67. The first kappa shape index (κ1) is 27.7. The molecular formula is C48H27BN2O2. The third-order valence-electron chi connectivity index (χ3n) is 11.8. The molecule has 53 heavy (non-hydrogen) atoms. The molecule has 8 aromatic carbocycles. The van der Waals surface area contributed by atoms with Gasteiger partial charge in [0, 0.05) is 43.5 Å². The molecule has 244 valence electrons. The molecule has 0 spiro atoms. The topological polar surface area (TPSA) is 27.8 Å². The van der Waals surface area contributed by atoms with Gasteiger partial charge in [0.05, 0.1) is 27.6 Å². The van der Waals surface area contributed by atoms with E-state index in [2.05, 4.69) is 161 Å². The maximum Gasteiger partial charge on any atom is 0.260 e. The molecule has 11 aromatic rings. The largest absolute Gasteiger partial charge is 0.458 e. The van der Waals surface area contributed by atoms with Crippen molar-refractivity contribution in [2.75, 3.05) is 0 Å². The lowest BCUT2D eigenvalue weighted by atomic mass is 9.35. The fourth-order valence-electron chi connectivity index (χ4n) is 9.59. The van der Waals surface area contributed by atoms with Gasteiger partial charge in [0.2, 0.25) is 0 Å². The van der Waals surface area contributed by atoms with Gasteiger partial charge in [-0.1, -0.05) is 103 Å². The summed E-state index contributed by atoms with van der Waals surface area (Å²) in [4.78, 5) is 0. The van der Waals surface area contributed by atoms with Crippen LogP contribution in [0.1, 0.15) is 0 Å².